The van der Waals surface area contributed by atoms with Crippen molar-refractivity contribution in [1.82, 2.24) is 4.98 Å². The summed E-state index contributed by atoms with van der Waals surface area (Å²) in [5.41, 5.74) is 3.79. The van der Waals surface area contributed by atoms with E-state index in [1.807, 2.05) is 32.9 Å². The molecule has 0 aliphatic carbocycles. The van der Waals surface area contributed by atoms with Crippen LogP contribution in [0.3, 0.4) is 0 Å². The average molecular weight is 515 g/mol. The molecule has 1 aromatic heterocycles. The molecule has 1 amide bonds. The number of carbonyl (C=O) groups is 2. The molecule has 0 radical (unpaired) electrons. The van der Waals surface area contributed by atoms with Crippen LogP contribution in [-0.2, 0) is 9.59 Å². The molecule has 2 heterocycles. The summed E-state index contributed by atoms with van der Waals surface area (Å²) in [6, 6.07) is 16.1. The van der Waals surface area contributed by atoms with Gasteiger partial charge in [-0.2, -0.15) is 0 Å². The van der Waals surface area contributed by atoms with Crippen LogP contribution in [0.15, 0.2) is 66.2 Å². The quantitative estimate of drug-likeness (QED) is 0.185. The van der Waals surface area contributed by atoms with E-state index in [9.17, 15) is 19.8 Å². The van der Waals surface area contributed by atoms with Crippen molar-refractivity contribution in [3.8, 4) is 11.5 Å². The van der Waals surface area contributed by atoms with Crippen molar-refractivity contribution < 1.29 is 24.5 Å². The number of hydrogen-bond acceptors (Lipinski definition) is 7. The Morgan fingerprint density at radius 3 is 2.51 bits per heavy atom. The number of carbonyl (C=O) groups excluding carboxylic acids is 2. The summed E-state index contributed by atoms with van der Waals surface area (Å²) in [5, 5.41) is 21.6. The molecular formula is C29H26N2O5S. The summed E-state index contributed by atoms with van der Waals surface area (Å²) in [4.78, 5) is 32.9. The van der Waals surface area contributed by atoms with Crippen LogP contribution < -0.4 is 9.64 Å². The van der Waals surface area contributed by atoms with E-state index >= 15 is 0 Å². The molecule has 1 aliphatic heterocycles. The monoisotopic (exact) mass is 514 g/mol. The number of anilines is 1. The van der Waals surface area contributed by atoms with Gasteiger partial charge in [-0.15, -0.1) is 0 Å². The highest BCUT2D eigenvalue weighted by molar-refractivity contribution is 7.22. The summed E-state index contributed by atoms with van der Waals surface area (Å²) in [6.07, 6.45) is 0.823. The second kappa shape index (κ2) is 9.71. The molecule has 5 rings (SSSR count). The Hall–Kier alpha value is -4.17. The summed E-state index contributed by atoms with van der Waals surface area (Å²) in [6.45, 7) is 6.51. The van der Waals surface area contributed by atoms with Crippen LogP contribution in [0.5, 0.6) is 11.5 Å². The van der Waals surface area contributed by atoms with Crippen LogP contribution >= 0.6 is 11.3 Å². The number of amides is 1. The lowest BCUT2D eigenvalue weighted by atomic mass is 9.95. The van der Waals surface area contributed by atoms with Crippen LogP contribution in [0.2, 0.25) is 0 Å². The van der Waals surface area contributed by atoms with Crippen molar-refractivity contribution in [1.29, 1.82) is 0 Å². The molecule has 2 N–H and O–H groups in total. The van der Waals surface area contributed by atoms with Gasteiger partial charge in [0.25, 0.3) is 5.78 Å². The second-order valence-electron chi connectivity index (χ2n) is 9.04. The lowest BCUT2D eigenvalue weighted by Gasteiger charge is -2.23. The first-order valence-electron chi connectivity index (χ1n) is 12.0. The molecule has 7 nitrogen and oxygen atoms in total. The van der Waals surface area contributed by atoms with E-state index in [2.05, 4.69) is 4.98 Å². The van der Waals surface area contributed by atoms with Gasteiger partial charge in [-0.1, -0.05) is 42.5 Å². The van der Waals surface area contributed by atoms with Crippen molar-refractivity contribution in [3.63, 3.8) is 0 Å². The Morgan fingerprint density at radius 2 is 1.78 bits per heavy atom. The molecule has 1 saturated heterocycles. The van der Waals surface area contributed by atoms with Crippen molar-refractivity contribution >= 4 is 44.1 Å². The molecule has 0 spiro atoms. The molecule has 0 bridgehead atoms. The van der Waals surface area contributed by atoms with Gasteiger partial charge in [0.05, 0.1) is 28.4 Å². The fraction of sp³-hybridized carbons (Fsp3) is 0.207. The lowest BCUT2D eigenvalue weighted by molar-refractivity contribution is -0.132. The standard InChI is InChI=1S/C29H26N2O5S/c1-4-12-36-21-7-5-6-19(15-21)26(33)24-25(18-8-10-20(32)11-9-18)31(28(35)27(24)34)29-30-22-13-16(2)17(3)14-23(22)37-29/h5-11,13-15,25,32-33H,4,12H2,1-3H3/b26-24+. The highest BCUT2D eigenvalue weighted by Crippen LogP contribution is 2.45. The minimum Gasteiger partial charge on any atom is -0.508 e. The number of rotatable bonds is 6. The third-order valence-corrected chi connectivity index (χ3v) is 7.45. The number of phenolic OH excluding ortho intramolecular Hbond substituents is 1. The van der Waals surface area contributed by atoms with E-state index in [0.717, 1.165) is 27.8 Å². The number of benzene rings is 3. The number of ether oxygens (including phenoxy) is 1. The molecular weight excluding hydrogens is 488 g/mol. The summed E-state index contributed by atoms with van der Waals surface area (Å²) in [7, 11) is 0. The van der Waals surface area contributed by atoms with E-state index in [-0.39, 0.29) is 17.1 Å². The second-order valence-corrected chi connectivity index (χ2v) is 10.0. The van der Waals surface area contributed by atoms with Crippen molar-refractivity contribution in [3.05, 3.63) is 88.5 Å². The Kier molecular flexibility index (Phi) is 6.43. The smallest absolute Gasteiger partial charge is 0.301 e. The highest BCUT2D eigenvalue weighted by Gasteiger charge is 2.48. The molecule has 0 saturated carbocycles. The first-order valence-corrected chi connectivity index (χ1v) is 12.8. The maximum Gasteiger partial charge on any atom is 0.301 e. The zero-order chi connectivity index (χ0) is 26.3. The van der Waals surface area contributed by atoms with Gasteiger partial charge in [0, 0.05) is 5.56 Å². The number of phenols is 1. The predicted molar refractivity (Wildman–Crippen MR) is 144 cm³/mol. The van der Waals surface area contributed by atoms with Crippen LogP contribution in [-0.4, -0.2) is 33.5 Å². The maximum atomic E-state index is 13.4. The number of aliphatic hydroxyl groups excluding tert-OH is 1. The minimum absolute atomic E-state index is 0.0463. The minimum atomic E-state index is -0.927. The SMILES string of the molecule is CCCOc1cccc(/C(O)=C2\C(=O)C(=O)N(c3nc4cc(C)c(C)cc4s3)C2c2ccc(O)cc2)c1. The fourth-order valence-corrected chi connectivity index (χ4v) is 5.45. The van der Waals surface area contributed by atoms with Gasteiger partial charge < -0.3 is 14.9 Å². The maximum absolute atomic E-state index is 13.4. The van der Waals surface area contributed by atoms with E-state index in [1.165, 1.54) is 28.4 Å². The third-order valence-electron chi connectivity index (χ3n) is 6.43. The van der Waals surface area contributed by atoms with Crippen LogP contribution in [0.4, 0.5) is 5.13 Å². The van der Waals surface area contributed by atoms with Gasteiger partial charge in [-0.05, 0) is 73.4 Å². The Balaban J connectivity index is 1.68. The number of aryl methyl sites for hydroxylation is 2. The van der Waals surface area contributed by atoms with Gasteiger partial charge in [0.1, 0.15) is 17.3 Å². The van der Waals surface area contributed by atoms with Gasteiger partial charge in [0.2, 0.25) is 0 Å². The Labute approximate surface area is 218 Å². The zero-order valence-corrected chi connectivity index (χ0v) is 21.5. The molecule has 1 fully saturated rings. The van der Waals surface area contributed by atoms with Crippen LogP contribution in [0.1, 0.15) is 41.6 Å². The number of aromatic nitrogens is 1. The number of hydrogen-bond donors (Lipinski definition) is 2. The van der Waals surface area contributed by atoms with E-state index in [0.29, 0.717) is 28.6 Å². The highest BCUT2D eigenvalue weighted by atomic mass is 32.1. The predicted octanol–water partition coefficient (Wildman–Crippen LogP) is 6.03. The van der Waals surface area contributed by atoms with Gasteiger partial charge in [-0.25, -0.2) is 4.98 Å². The average Bonchev–Trinajstić information content (AvgIpc) is 3.40. The molecule has 188 valence electrons. The van der Waals surface area contributed by atoms with Crippen LogP contribution in [0, 0.1) is 13.8 Å². The molecule has 1 unspecified atom stereocenters. The fourth-order valence-electron chi connectivity index (χ4n) is 4.38. The number of thiazole rings is 1. The first-order chi connectivity index (χ1) is 17.8. The number of fused-ring (bicyclic) bond motifs is 1. The molecule has 1 aliphatic rings. The third kappa shape index (κ3) is 4.44. The molecule has 8 heteroatoms. The largest absolute Gasteiger partial charge is 0.508 e. The lowest BCUT2D eigenvalue weighted by Crippen LogP contribution is -2.29. The van der Waals surface area contributed by atoms with E-state index in [1.54, 1.807) is 36.4 Å². The normalized spacial score (nSPS) is 17.1. The number of Topliss-reactive ketones (excluding diaryl/α,β-unsaturated/α-hetero) is 1. The number of nitrogens with zero attached hydrogens (tertiary/aromatic N) is 2. The van der Waals surface area contributed by atoms with Gasteiger partial charge in [0.15, 0.2) is 5.13 Å². The van der Waals surface area contributed by atoms with Crippen molar-refractivity contribution in [2.45, 2.75) is 33.2 Å². The Morgan fingerprint density at radius 1 is 1.05 bits per heavy atom. The number of aromatic hydroxyl groups is 1. The van der Waals surface area contributed by atoms with Gasteiger partial charge in [-0.3, -0.25) is 14.5 Å². The van der Waals surface area contributed by atoms with Crippen molar-refractivity contribution in [2.24, 2.45) is 0 Å². The van der Waals surface area contributed by atoms with Crippen LogP contribution in [0.25, 0.3) is 16.0 Å². The Bertz CT molecular complexity index is 1520. The van der Waals surface area contributed by atoms with Crippen molar-refractivity contribution in [2.75, 3.05) is 11.5 Å². The number of aliphatic hydroxyl groups is 1. The topological polar surface area (TPSA) is 100.0 Å². The molecule has 37 heavy (non-hydrogen) atoms. The molecule has 1 atom stereocenters. The first kappa shape index (κ1) is 24.5. The molecule has 3 aromatic carbocycles. The van der Waals surface area contributed by atoms with Gasteiger partial charge >= 0.3 is 5.91 Å². The summed E-state index contributed by atoms with van der Waals surface area (Å²) >= 11 is 1.31. The molecule has 4 aromatic rings. The van der Waals surface area contributed by atoms with E-state index in [4.69, 9.17) is 4.74 Å². The number of ketones is 1. The van der Waals surface area contributed by atoms with E-state index < -0.39 is 17.7 Å². The summed E-state index contributed by atoms with van der Waals surface area (Å²) in [5.74, 6) is -1.27. The zero-order valence-electron chi connectivity index (χ0n) is 20.7. The summed E-state index contributed by atoms with van der Waals surface area (Å²) < 4.78 is 6.59.